The van der Waals surface area contributed by atoms with Gasteiger partial charge in [0.2, 0.25) is 6.79 Å². The summed E-state index contributed by atoms with van der Waals surface area (Å²) in [5.74, 6) is -0.274. The molecular formula is C7H14O5S. The molecule has 0 heterocycles. The Morgan fingerprint density at radius 1 is 1.38 bits per heavy atom. The second-order valence-corrected chi connectivity index (χ2v) is 4.70. The van der Waals surface area contributed by atoms with E-state index < -0.39 is 22.9 Å². The standard InChI is InChI=1S/C7H14O5S/c1-6(2)4-7(8)11-5-12-13(3,9)10/h6H,4-5H2,1-3H3. The maximum Gasteiger partial charge on any atom is 0.308 e. The van der Waals surface area contributed by atoms with Crippen LogP contribution < -0.4 is 0 Å². The van der Waals surface area contributed by atoms with Gasteiger partial charge in [0.15, 0.2) is 0 Å². The third-order valence-corrected chi connectivity index (χ3v) is 1.58. The van der Waals surface area contributed by atoms with Crippen molar-refractivity contribution in [3.05, 3.63) is 0 Å². The monoisotopic (exact) mass is 210 g/mol. The molecule has 0 saturated carbocycles. The Morgan fingerprint density at radius 2 is 1.92 bits per heavy atom. The lowest BCUT2D eigenvalue weighted by Crippen LogP contribution is -2.13. The summed E-state index contributed by atoms with van der Waals surface area (Å²) in [5.41, 5.74) is 0. The van der Waals surface area contributed by atoms with Crippen LogP contribution in [0.1, 0.15) is 20.3 Å². The minimum absolute atomic E-state index is 0.186. The van der Waals surface area contributed by atoms with Crippen molar-refractivity contribution in [3.63, 3.8) is 0 Å². The molecule has 0 aromatic rings. The molecule has 0 spiro atoms. The predicted octanol–water partition coefficient (Wildman–Crippen LogP) is 0.509. The van der Waals surface area contributed by atoms with Gasteiger partial charge in [-0.2, -0.15) is 8.42 Å². The molecule has 0 amide bonds. The van der Waals surface area contributed by atoms with Crippen LogP contribution >= 0.6 is 0 Å². The molecule has 0 unspecified atom stereocenters. The average molecular weight is 210 g/mol. The van der Waals surface area contributed by atoms with Crippen molar-refractivity contribution in [2.75, 3.05) is 13.0 Å². The Labute approximate surface area is 78.2 Å². The van der Waals surface area contributed by atoms with E-state index in [-0.39, 0.29) is 12.3 Å². The van der Waals surface area contributed by atoms with Crippen molar-refractivity contribution in [3.8, 4) is 0 Å². The average Bonchev–Trinajstić information content (AvgIpc) is 1.81. The molecule has 0 aliphatic carbocycles. The number of hydrogen-bond donors (Lipinski definition) is 0. The van der Waals surface area contributed by atoms with Gasteiger partial charge in [0, 0.05) is 6.42 Å². The summed E-state index contributed by atoms with van der Waals surface area (Å²) in [7, 11) is -3.53. The fraction of sp³-hybridized carbons (Fsp3) is 0.857. The molecule has 78 valence electrons. The van der Waals surface area contributed by atoms with Gasteiger partial charge in [-0.3, -0.25) is 4.79 Å². The Balaban J connectivity index is 3.61. The lowest BCUT2D eigenvalue weighted by atomic mass is 10.1. The molecule has 0 aromatic heterocycles. The topological polar surface area (TPSA) is 69.7 Å². The normalized spacial score (nSPS) is 11.7. The van der Waals surface area contributed by atoms with Gasteiger partial charge in [0.1, 0.15) is 0 Å². The second kappa shape index (κ2) is 5.18. The van der Waals surface area contributed by atoms with E-state index in [1.807, 2.05) is 13.8 Å². The highest BCUT2D eigenvalue weighted by molar-refractivity contribution is 7.85. The number of carbonyl (C=O) groups is 1. The van der Waals surface area contributed by atoms with Crippen molar-refractivity contribution >= 4 is 16.1 Å². The molecule has 0 fully saturated rings. The van der Waals surface area contributed by atoms with E-state index in [0.717, 1.165) is 6.26 Å². The number of ether oxygens (including phenoxy) is 1. The number of esters is 1. The van der Waals surface area contributed by atoms with Gasteiger partial charge in [-0.25, -0.2) is 4.18 Å². The molecule has 13 heavy (non-hydrogen) atoms. The van der Waals surface area contributed by atoms with E-state index in [1.165, 1.54) is 0 Å². The van der Waals surface area contributed by atoms with Gasteiger partial charge in [0.25, 0.3) is 10.1 Å². The molecule has 0 rings (SSSR count). The summed E-state index contributed by atoms with van der Waals surface area (Å²) < 4.78 is 29.5. The van der Waals surface area contributed by atoms with E-state index in [2.05, 4.69) is 8.92 Å². The first-order valence-electron chi connectivity index (χ1n) is 3.81. The number of hydrogen-bond acceptors (Lipinski definition) is 5. The van der Waals surface area contributed by atoms with E-state index >= 15 is 0 Å². The van der Waals surface area contributed by atoms with E-state index in [9.17, 15) is 13.2 Å². The number of rotatable bonds is 5. The fourth-order valence-electron chi connectivity index (χ4n) is 0.569. The van der Waals surface area contributed by atoms with Crippen LogP contribution in [0.15, 0.2) is 0 Å². The first kappa shape index (κ1) is 12.4. The highest BCUT2D eigenvalue weighted by Crippen LogP contribution is 2.01. The summed E-state index contributed by atoms with van der Waals surface area (Å²) in [6.07, 6.45) is 1.15. The lowest BCUT2D eigenvalue weighted by molar-refractivity contribution is -0.150. The quantitative estimate of drug-likeness (QED) is 0.375. The molecule has 6 heteroatoms. The zero-order valence-electron chi connectivity index (χ0n) is 7.94. The van der Waals surface area contributed by atoms with Gasteiger partial charge in [-0.05, 0) is 5.92 Å². The van der Waals surface area contributed by atoms with Gasteiger partial charge < -0.3 is 4.74 Å². The largest absolute Gasteiger partial charge is 0.437 e. The first-order valence-corrected chi connectivity index (χ1v) is 5.63. The highest BCUT2D eigenvalue weighted by atomic mass is 32.2. The Morgan fingerprint density at radius 3 is 2.31 bits per heavy atom. The highest BCUT2D eigenvalue weighted by Gasteiger charge is 2.07. The molecule has 0 atom stereocenters. The third kappa shape index (κ3) is 9.29. The second-order valence-electron chi connectivity index (χ2n) is 3.05. The Kier molecular flexibility index (Phi) is 4.94. The number of carbonyl (C=O) groups excluding carboxylic acids is 1. The van der Waals surface area contributed by atoms with Crippen molar-refractivity contribution in [2.45, 2.75) is 20.3 Å². The summed E-state index contributed by atoms with van der Waals surface area (Å²) in [6.45, 7) is 3.18. The van der Waals surface area contributed by atoms with Crippen molar-refractivity contribution < 1.29 is 22.1 Å². The molecule has 0 N–H and O–H groups in total. The van der Waals surface area contributed by atoms with Crippen LogP contribution in [0.3, 0.4) is 0 Å². The predicted molar refractivity (Wildman–Crippen MR) is 46.3 cm³/mol. The molecule has 0 bridgehead atoms. The van der Waals surface area contributed by atoms with Crippen LogP contribution in [-0.2, 0) is 23.8 Å². The lowest BCUT2D eigenvalue weighted by Gasteiger charge is -2.05. The summed E-state index contributed by atoms with van der Waals surface area (Å²) in [5, 5.41) is 0. The minimum atomic E-state index is -3.53. The zero-order chi connectivity index (χ0) is 10.5. The summed E-state index contributed by atoms with van der Waals surface area (Å²) in [6, 6.07) is 0. The molecule has 0 radical (unpaired) electrons. The van der Waals surface area contributed by atoms with Crippen LogP contribution in [0.5, 0.6) is 0 Å². The molecule has 5 nitrogen and oxygen atoms in total. The van der Waals surface area contributed by atoms with Crippen molar-refractivity contribution in [2.24, 2.45) is 5.92 Å². The van der Waals surface area contributed by atoms with Crippen LogP contribution in [0.25, 0.3) is 0 Å². The van der Waals surface area contributed by atoms with Crippen LogP contribution in [-0.4, -0.2) is 27.4 Å². The molecule has 0 saturated heterocycles. The van der Waals surface area contributed by atoms with Crippen molar-refractivity contribution in [1.82, 2.24) is 0 Å². The third-order valence-electron chi connectivity index (χ3n) is 1.06. The minimum Gasteiger partial charge on any atom is -0.437 e. The van der Waals surface area contributed by atoms with Crippen molar-refractivity contribution in [1.29, 1.82) is 0 Å². The zero-order valence-corrected chi connectivity index (χ0v) is 8.76. The maximum atomic E-state index is 10.8. The summed E-state index contributed by atoms with van der Waals surface area (Å²) in [4.78, 5) is 10.8. The molecular weight excluding hydrogens is 196 g/mol. The maximum absolute atomic E-state index is 10.8. The molecule has 0 aliphatic heterocycles. The van der Waals surface area contributed by atoms with Gasteiger partial charge in [-0.1, -0.05) is 13.8 Å². The summed E-state index contributed by atoms with van der Waals surface area (Å²) >= 11 is 0. The molecule has 0 aliphatic rings. The van der Waals surface area contributed by atoms with Crippen LogP contribution in [0.2, 0.25) is 0 Å². The van der Waals surface area contributed by atoms with Gasteiger partial charge in [-0.15, -0.1) is 0 Å². The Hall–Kier alpha value is -0.620. The first-order chi connectivity index (χ1) is 5.81. The van der Waals surface area contributed by atoms with Gasteiger partial charge in [0.05, 0.1) is 6.26 Å². The SMILES string of the molecule is CC(C)CC(=O)OCOS(C)(=O)=O. The van der Waals surface area contributed by atoms with E-state index in [4.69, 9.17) is 0 Å². The smallest absolute Gasteiger partial charge is 0.308 e. The Bertz CT molecular complexity index is 254. The van der Waals surface area contributed by atoms with E-state index in [0.29, 0.717) is 0 Å². The van der Waals surface area contributed by atoms with Crippen LogP contribution in [0.4, 0.5) is 0 Å². The van der Waals surface area contributed by atoms with Crippen LogP contribution in [0, 0.1) is 5.92 Å². The fourth-order valence-corrected chi connectivity index (χ4v) is 0.792. The van der Waals surface area contributed by atoms with E-state index in [1.54, 1.807) is 0 Å². The van der Waals surface area contributed by atoms with Gasteiger partial charge >= 0.3 is 5.97 Å². The molecule has 0 aromatic carbocycles.